The van der Waals surface area contributed by atoms with Gasteiger partial charge in [-0.05, 0) is 42.0 Å². The molecule has 0 aliphatic carbocycles. The molecule has 1 saturated heterocycles. The molecule has 0 saturated carbocycles. The van der Waals surface area contributed by atoms with Crippen LogP contribution in [0.15, 0.2) is 48.5 Å². The standard InChI is InChI=1S/C19H22ClN3OS/c1-24-16-8-6-15(7-9-16)14-21-19(25)23-12-10-22(11-13-23)18-5-3-2-4-17(18)20/h2-9H,10-14H2,1H3,(H,21,25). The number of ether oxygens (including phenoxy) is 1. The van der Waals surface area contributed by atoms with E-state index in [9.17, 15) is 0 Å². The van der Waals surface area contributed by atoms with Gasteiger partial charge in [0.1, 0.15) is 5.75 Å². The van der Waals surface area contributed by atoms with Crippen LogP contribution in [0, 0.1) is 0 Å². The second kappa shape index (κ2) is 8.41. The maximum atomic E-state index is 6.29. The summed E-state index contributed by atoms with van der Waals surface area (Å²) in [5, 5.41) is 4.95. The second-order valence-corrected chi connectivity index (χ2v) is 6.73. The fourth-order valence-electron chi connectivity index (χ4n) is 2.89. The van der Waals surface area contributed by atoms with Gasteiger partial charge in [0.05, 0.1) is 17.8 Å². The number of thiocarbonyl (C=S) groups is 1. The minimum absolute atomic E-state index is 0.716. The van der Waals surface area contributed by atoms with E-state index in [1.165, 1.54) is 5.56 Å². The van der Waals surface area contributed by atoms with E-state index in [1.807, 2.05) is 42.5 Å². The van der Waals surface area contributed by atoms with Crippen LogP contribution in [-0.2, 0) is 6.54 Å². The lowest BCUT2D eigenvalue weighted by atomic mass is 10.2. The van der Waals surface area contributed by atoms with Crippen LogP contribution in [0.2, 0.25) is 5.02 Å². The van der Waals surface area contributed by atoms with Gasteiger partial charge in [0.25, 0.3) is 0 Å². The third-order valence-electron chi connectivity index (χ3n) is 4.36. The van der Waals surface area contributed by atoms with Crippen LogP contribution < -0.4 is 15.0 Å². The molecule has 3 rings (SSSR count). The summed E-state index contributed by atoms with van der Waals surface area (Å²) in [4.78, 5) is 4.52. The molecule has 2 aromatic carbocycles. The first kappa shape index (κ1) is 17.8. The smallest absolute Gasteiger partial charge is 0.169 e. The van der Waals surface area contributed by atoms with Crippen LogP contribution in [-0.4, -0.2) is 43.3 Å². The molecule has 6 heteroatoms. The molecule has 1 aliphatic heterocycles. The number of nitrogens with zero attached hydrogens (tertiary/aromatic N) is 2. The van der Waals surface area contributed by atoms with Crippen molar-refractivity contribution in [3.05, 3.63) is 59.1 Å². The molecule has 1 N–H and O–H groups in total. The van der Waals surface area contributed by atoms with E-state index in [4.69, 9.17) is 28.6 Å². The van der Waals surface area contributed by atoms with Crippen molar-refractivity contribution in [3.8, 4) is 5.75 Å². The number of hydrogen-bond acceptors (Lipinski definition) is 3. The van der Waals surface area contributed by atoms with E-state index < -0.39 is 0 Å². The van der Waals surface area contributed by atoms with Crippen LogP contribution in [0.3, 0.4) is 0 Å². The molecule has 1 heterocycles. The number of benzene rings is 2. The van der Waals surface area contributed by atoms with Crippen LogP contribution in [0.25, 0.3) is 0 Å². The number of halogens is 1. The van der Waals surface area contributed by atoms with Crippen molar-refractivity contribution >= 4 is 34.6 Å². The molecule has 0 radical (unpaired) electrons. The number of anilines is 1. The Kier molecular flexibility index (Phi) is 6.00. The van der Waals surface area contributed by atoms with E-state index in [-0.39, 0.29) is 0 Å². The van der Waals surface area contributed by atoms with E-state index in [1.54, 1.807) is 7.11 Å². The highest BCUT2D eigenvalue weighted by atomic mass is 35.5. The molecule has 0 atom stereocenters. The highest BCUT2D eigenvalue weighted by molar-refractivity contribution is 7.80. The van der Waals surface area contributed by atoms with Crippen molar-refractivity contribution in [2.24, 2.45) is 0 Å². The van der Waals surface area contributed by atoms with Crippen molar-refractivity contribution in [1.29, 1.82) is 0 Å². The summed E-state index contributed by atoms with van der Waals surface area (Å²) < 4.78 is 5.18. The molecule has 0 unspecified atom stereocenters. The van der Waals surface area contributed by atoms with Gasteiger partial charge < -0.3 is 19.9 Å². The van der Waals surface area contributed by atoms with Gasteiger partial charge in [-0.3, -0.25) is 0 Å². The van der Waals surface area contributed by atoms with Crippen molar-refractivity contribution in [2.75, 3.05) is 38.2 Å². The molecule has 0 aromatic heterocycles. The molecule has 0 spiro atoms. The summed E-state index contributed by atoms with van der Waals surface area (Å²) >= 11 is 11.8. The van der Waals surface area contributed by atoms with E-state index >= 15 is 0 Å². The van der Waals surface area contributed by atoms with Gasteiger partial charge >= 0.3 is 0 Å². The van der Waals surface area contributed by atoms with Gasteiger partial charge in [0.2, 0.25) is 0 Å². The molecule has 1 fully saturated rings. The minimum Gasteiger partial charge on any atom is -0.497 e. The number of methoxy groups -OCH3 is 1. The molecular weight excluding hydrogens is 354 g/mol. The number of nitrogens with one attached hydrogen (secondary N) is 1. The fraction of sp³-hybridized carbons (Fsp3) is 0.316. The summed E-state index contributed by atoms with van der Waals surface area (Å²) in [6.45, 7) is 4.31. The molecule has 132 valence electrons. The average Bonchev–Trinajstić information content (AvgIpc) is 2.67. The molecule has 0 amide bonds. The largest absolute Gasteiger partial charge is 0.497 e. The zero-order valence-corrected chi connectivity index (χ0v) is 15.8. The second-order valence-electron chi connectivity index (χ2n) is 5.93. The summed E-state index contributed by atoms with van der Waals surface area (Å²) in [5.41, 5.74) is 2.28. The number of rotatable bonds is 4. The van der Waals surface area contributed by atoms with Gasteiger partial charge in [-0.15, -0.1) is 0 Å². The molecule has 4 nitrogen and oxygen atoms in total. The molecule has 0 bridgehead atoms. The zero-order chi connectivity index (χ0) is 17.6. The summed E-state index contributed by atoms with van der Waals surface area (Å²) in [7, 11) is 1.67. The summed E-state index contributed by atoms with van der Waals surface area (Å²) in [6, 6.07) is 16.0. The number of piperazine rings is 1. The van der Waals surface area contributed by atoms with Crippen molar-refractivity contribution in [2.45, 2.75) is 6.54 Å². The van der Waals surface area contributed by atoms with Crippen LogP contribution in [0.5, 0.6) is 5.75 Å². The number of para-hydroxylation sites is 1. The predicted octanol–water partition coefficient (Wildman–Crippen LogP) is 3.55. The van der Waals surface area contributed by atoms with Gasteiger partial charge in [-0.1, -0.05) is 35.9 Å². The fourth-order valence-corrected chi connectivity index (χ4v) is 3.40. The Labute approximate surface area is 159 Å². The van der Waals surface area contributed by atoms with Crippen LogP contribution >= 0.6 is 23.8 Å². The first-order valence-corrected chi connectivity index (χ1v) is 9.11. The molecule has 1 aliphatic rings. The first-order valence-electron chi connectivity index (χ1n) is 8.32. The first-order chi connectivity index (χ1) is 12.2. The Morgan fingerprint density at radius 3 is 2.40 bits per heavy atom. The van der Waals surface area contributed by atoms with Crippen molar-refractivity contribution < 1.29 is 4.74 Å². The van der Waals surface area contributed by atoms with Gasteiger partial charge in [0, 0.05) is 32.7 Å². The van der Waals surface area contributed by atoms with Crippen molar-refractivity contribution in [3.63, 3.8) is 0 Å². The maximum Gasteiger partial charge on any atom is 0.169 e. The zero-order valence-electron chi connectivity index (χ0n) is 14.2. The average molecular weight is 376 g/mol. The quantitative estimate of drug-likeness (QED) is 0.825. The topological polar surface area (TPSA) is 27.7 Å². The Morgan fingerprint density at radius 2 is 1.76 bits per heavy atom. The Balaban J connectivity index is 1.49. The van der Waals surface area contributed by atoms with E-state index in [2.05, 4.69) is 21.2 Å². The third-order valence-corrected chi connectivity index (χ3v) is 5.08. The van der Waals surface area contributed by atoms with E-state index in [0.29, 0.717) is 6.54 Å². The third kappa shape index (κ3) is 4.55. The summed E-state index contributed by atoms with van der Waals surface area (Å²) in [5.74, 6) is 0.863. The lowest BCUT2D eigenvalue weighted by Gasteiger charge is -2.37. The molecule has 25 heavy (non-hydrogen) atoms. The van der Waals surface area contributed by atoms with Crippen LogP contribution in [0.4, 0.5) is 5.69 Å². The highest BCUT2D eigenvalue weighted by Gasteiger charge is 2.20. The highest BCUT2D eigenvalue weighted by Crippen LogP contribution is 2.26. The Morgan fingerprint density at radius 1 is 1.08 bits per heavy atom. The minimum atomic E-state index is 0.716. The van der Waals surface area contributed by atoms with Gasteiger partial charge in [-0.25, -0.2) is 0 Å². The van der Waals surface area contributed by atoms with Gasteiger partial charge in [0.15, 0.2) is 5.11 Å². The molecular formula is C19H22ClN3OS. The normalized spacial score (nSPS) is 14.3. The lowest BCUT2D eigenvalue weighted by molar-refractivity contribution is 0.380. The van der Waals surface area contributed by atoms with Gasteiger partial charge in [-0.2, -0.15) is 0 Å². The SMILES string of the molecule is COc1ccc(CNC(=S)N2CCN(c3ccccc3Cl)CC2)cc1. The molecule has 2 aromatic rings. The Bertz CT molecular complexity index is 715. The monoisotopic (exact) mass is 375 g/mol. The Hall–Kier alpha value is -1.98. The lowest BCUT2D eigenvalue weighted by Crippen LogP contribution is -2.51. The predicted molar refractivity (Wildman–Crippen MR) is 108 cm³/mol. The summed E-state index contributed by atoms with van der Waals surface area (Å²) in [6.07, 6.45) is 0. The maximum absolute atomic E-state index is 6.29. The van der Waals surface area contributed by atoms with E-state index in [0.717, 1.165) is 47.8 Å². The number of hydrogen-bond donors (Lipinski definition) is 1. The van der Waals surface area contributed by atoms with Crippen LogP contribution in [0.1, 0.15) is 5.56 Å². The van der Waals surface area contributed by atoms with Crippen molar-refractivity contribution in [1.82, 2.24) is 10.2 Å².